The van der Waals surface area contributed by atoms with E-state index < -0.39 is 0 Å². The molecule has 2 aliphatic rings. The van der Waals surface area contributed by atoms with Crippen LogP contribution in [0.2, 0.25) is 0 Å². The molecule has 0 aliphatic carbocycles. The fourth-order valence-corrected chi connectivity index (χ4v) is 5.50. The summed E-state index contributed by atoms with van der Waals surface area (Å²) in [5, 5.41) is 0. The molecular weight excluding hydrogens is 420 g/mol. The second-order valence-corrected chi connectivity index (χ2v) is 9.29. The van der Waals surface area contributed by atoms with Gasteiger partial charge in [0.1, 0.15) is 23.7 Å². The Morgan fingerprint density at radius 2 is 1.03 bits per heavy atom. The Bertz CT molecular complexity index is 896. The Hall–Kier alpha value is -2.15. The predicted octanol–water partition coefficient (Wildman–Crippen LogP) is 5.21. The topological polar surface area (TPSA) is 36.9 Å². The molecule has 32 heavy (non-hydrogen) atoms. The van der Waals surface area contributed by atoms with Crippen molar-refractivity contribution in [2.45, 2.75) is 49.7 Å². The highest BCUT2D eigenvalue weighted by Crippen LogP contribution is 2.41. The van der Waals surface area contributed by atoms with Gasteiger partial charge in [0.15, 0.2) is 0 Å². The summed E-state index contributed by atoms with van der Waals surface area (Å²) in [7, 11) is 0. The van der Waals surface area contributed by atoms with Crippen LogP contribution in [0.1, 0.15) is 16.7 Å². The van der Waals surface area contributed by atoms with Crippen LogP contribution in [0.15, 0.2) is 91.0 Å². The lowest BCUT2D eigenvalue weighted by molar-refractivity contribution is -0.236. The van der Waals surface area contributed by atoms with Crippen LogP contribution in [0.25, 0.3) is 0 Å². The molecule has 4 nitrogen and oxygen atoms in total. The quantitative estimate of drug-likeness (QED) is 0.449. The van der Waals surface area contributed by atoms with Crippen molar-refractivity contribution in [3.8, 4) is 0 Å². The lowest BCUT2D eigenvalue weighted by Gasteiger charge is -2.41. The molecule has 2 bridgehead atoms. The van der Waals surface area contributed by atoms with Crippen LogP contribution < -0.4 is 0 Å². The van der Waals surface area contributed by atoms with Crippen LogP contribution >= 0.6 is 11.8 Å². The number of hydrogen-bond donors (Lipinski definition) is 0. The molecule has 0 N–H and O–H groups in total. The van der Waals surface area contributed by atoms with Gasteiger partial charge in [0, 0.05) is 5.75 Å². The Labute approximate surface area is 193 Å². The highest BCUT2D eigenvalue weighted by atomic mass is 32.2. The first-order valence-electron chi connectivity index (χ1n) is 11.1. The molecule has 2 aliphatic heterocycles. The van der Waals surface area contributed by atoms with E-state index in [2.05, 4.69) is 36.4 Å². The van der Waals surface area contributed by atoms with E-state index in [0.29, 0.717) is 19.8 Å². The zero-order valence-electron chi connectivity index (χ0n) is 17.9. The molecule has 0 unspecified atom stereocenters. The Morgan fingerprint density at radius 3 is 1.53 bits per heavy atom. The maximum Gasteiger partial charge on any atom is 0.132 e. The van der Waals surface area contributed by atoms with Crippen LogP contribution in [0.4, 0.5) is 0 Å². The maximum atomic E-state index is 6.51. The molecule has 5 atom stereocenters. The third-order valence-corrected chi connectivity index (χ3v) is 7.10. The Morgan fingerprint density at radius 1 is 0.594 bits per heavy atom. The number of hydrogen-bond acceptors (Lipinski definition) is 5. The summed E-state index contributed by atoms with van der Waals surface area (Å²) >= 11 is 1.80. The Kier molecular flexibility index (Phi) is 7.21. The minimum Gasteiger partial charge on any atom is -0.368 e. The monoisotopic (exact) mass is 448 g/mol. The summed E-state index contributed by atoms with van der Waals surface area (Å²) in [6.45, 7) is 1.57. The van der Waals surface area contributed by atoms with Crippen molar-refractivity contribution in [3.63, 3.8) is 0 Å². The molecule has 3 aromatic rings. The average Bonchev–Trinajstić information content (AvgIpc) is 3.29. The first kappa shape index (κ1) is 21.7. The van der Waals surface area contributed by atoms with Gasteiger partial charge in [-0.2, -0.15) is 0 Å². The molecular formula is C27H28O4S. The van der Waals surface area contributed by atoms with Gasteiger partial charge in [0.2, 0.25) is 0 Å². The van der Waals surface area contributed by atoms with Crippen molar-refractivity contribution in [1.82, 2.24) is 0 Å². The van der Waals surface area contributed by atoms with E-state index in [0.717, 1.165) is 22.4 Å². The third kappa shape index (κ3) is 5.25. The number of fused-ring (bicyclic) bond motifs is 2. The second kappa shape index (κ2) is 10.6. The SMILES string of the molecule is c1ccc(CO[C@@H]2[C@@H](OCc3ccccc3)[C@H]3O[C@H](CS3)[C@H]2OCc2ccccc2)cc1. The summed E-state index contributed by atoms with van der Waals surface area (Å²) in [6, 6.07) is 30.8. The van der Waals surface area contributed by atoms with Gasteiger partial charge in [-0.15, -0.1) is 11.8 Å². The minimum absolute atomic E-state index is 0.00561. The van der Waals surface area contributed by atoms with Crippen molar-refractivity contribution in [1.29, 1.82) is 0 Å². The smallest absolute Gasteiger partial charge is 0.132 e. The lowest BCUT2D eigenvalue weighted by atomic mass is 10.00. The van der Waals surface area contributed by atoms with E-state index in [-0.39, 0.29) is 29.9 Å². The molecule has 0 radical (unpaired) electrons. The maximum absolute atomic E-state index is 6.51. The summed E-state index contributed by atoms with van der Waals surface area (Å²) in [5.41, 5.74) is 3.38. The van der Waals surface area contributed by atoms with Gasteiger partial charge < -0.3 is 18.9 Å². The fraction of sp³-hybridized carbons (Fsp3) is 0.333. The van der Waals surface area contributed by atoms with Gasteiger partial charge in [0.25, 0.3) is 0 Å². The molecule has 0 amide bonds. The molecule has 0 aromatic heterocycles. The zero-order valence-corrected chi connectivity index (χ0v) is 18.7. The number of rotatable bonds is 9. The van der Waals surface area contributed by atoms with Gasteiger partial charge in [-0.3, -0.25) is 0 Å². The van der Waals surface area contributed by atoms with Gasteiger partial charge in [-0.1, -0.05) is 91.0 Å². The van der Waals surface area contributed by atoms with E-state index in [1.54, 1.807) is 11.8 Å². The standard InChI is InChI=1S/C27H28O4S/c1-4-10-20(11-5-1)16-28-24-23-19-32-27(31-23)26(30-18-22-14-8-3-9-15-22)25(24)29-17-21-12-6-2-7-13-21/h1-15,23-27H,16-19H2/t23-,24-,25+,26-,27+/m1/s1. The molecule has 2 fully saturated rings. The number of ether oxygens (including phenoxy) is 4. The van der Waals surface area contributed by atoms with Crippen LogP contribution in [0.5, 0.6) is 0 Å². The first-order valence-corrected chi connectivity index (χ1v) is 12.2. The van der Waals surface area contributed by atoms with E-state index >= 15 is 0 Å². The molecule has 0 saturated carbocycles. The van der Waals surface area contributed by atoms with Crippen molar-refractivity contribution in [2.24, 2.45) is 0 Å². The second-order valence-electron chi connectivity index (χ2n) is 8.16. The van der Waals surface area contributed by atoms with E-state index in [1.165, 1.54) is 0 Å². The molecule has 3 aromatic carbocycles. The predicted molar refractivity (Wildman–Crippen MR) is 126 cm³/mol. The summed E-state index contributed by atoms with van der Waals surface area (Å²) in [4.78, 5) is 0. The third-order valence-electron chi connectivity index (χ3n) is 5.87. The summed E-state index contributed by atoms with van der Waals surface area (Å²) < 4.78 is 25.7. The fourth-order valence-electron chi connectivity index (χ4n) is 4.20. The van der Waals surface area contributed by atoms with Crippen molar-refractivity contribution in [2.75, 3.05) is 5.75 Å². The van der Waals surface area contributed by atoms with Crippen LogP contribution in [-0.4, -0.2) is 35.6 Å². The zero-order chi connectivity index (χ0) is 21.6. The van der Waals surface area contributed by atoms with Gasteiger partial charge in [-0.25, -0.2) is 0 Å². The largest absolute Gasteiger partial charge is 0.368 e. The summed E-state index contributed by atoms with van der Waals surface area (Å²) in [6.07, 6.45) is -0.596. The van der Waals surface area contributed by atoms with Crippen molar-refractivity contribution < 1.29 is 18.9 Å². The van der Waals surface area contributed by atoms with E-state index in [4.69, 9.17) is 18.9 Å². The number of benzene rings is 3. The minimum atomic E-state index is -0.207. The molecule has 166 valence electrons. The molecule has 2 heterocycles. The normalized spacial score (nSPS) is 26.8. The first-order chi connectivity index (χ1) is 15.9. The Balaban J connectivity index is 1.33. The lowest BCUT2D eigenvalue weighted by Crippen LogP contribution is -2.56. The summed E-state index contributed by atoms with van der Waals surface area (Å²) in [5.74, 6) is 0.889. The average molecular weight is 449 g/mol. The highest BCUT2D eigenvalue weighted by Gasteiger charge is 2.52. The van der Waals surface area contributed by atoms with Crippen LogP contribution in [-0.2, 0) is 38.8 Å². The molecule has 5 rings (SSSR count). The van der Waals surface area contributed by atoms with E-state index in [1.807, 2.05) is 54.6 Å². The van der Waals surface area contributed by atoms with Crippen molar-refractivity contribution >= 4 is 11.8 Å². The highest BCUT2D eigenvalue weighted by molar-refractivity contribution is 8.00. The van der Waals surface area contributed by atoms with Crippen molar-refractivity contribution in [3.05, 3.63) is 108 Å². The van der Waals surface area contributed by atoms with Gasteiger partial charge in [-0.05, 0) is 16.7 Å². The molecule has 0 spiro atoms. The molecule has 2 saturated heterocycles. The van der Waals surface area contributed by atoms with Gasteiger partial charge >= 0.3 is 0 Å². The van der Waals surface area contributed by atoms with Gasteiger partial charge in [0.05, 0.1) is 25.9 Å². The number of thioether (sulfide) groups is 1. The van der Waals surface area contributed by atoms with E-state index in [9.17, 15) is 0 Å². The van der Waals surface area contributed by atoms with Crippen LogP contribution in [0, 0.1) is 0 Å². The molecule has 5 heteroatoms. The van der Waals surface area contributed by atoms with Crippen LogP contribution in [0.3, 0.4) is 0 Å².